The zero-order valence-electron chi connectivity index (χ0n) is 20.4. The Morgan fingerprint density at radius 1 is 1.17 bits per heavy atom. The molecular formula is C28H27ClN4O2S. The molecule has 2 aromatic heterocycles. The Bertz CT molecular complexity index is 1520. The minimum absolute atomic E-state index is 0.0315. The van der Waals surface area contributed by atoms with Crippen LogP contribution in [0.25, 0.3) is 21.3 Å². The van der Waals surface area contributed by atoms with E-state index in [2.05, 4.69) is 14.9 Å². The lowest BCUT2D eigenvalue weighted by atomic mass is 10.1. The van der Waals surface area contributed by atoms with Crippen molar-refractivity contribution in [1.82, 2.24) is 19.8 Å². The number of carbonyl (C=O) groups is 2. The highest BCUT2D eigenvalue weighted by atomic mass is 35.5. The van der Waals surface area contributed by atoms with Gasteiger partial charge in [-0.25, -0.2) is 4.98 Å². The van der Waals surface area contributed by atoms with Crippen LogP contribution in [0.3, 0.4) is 0 Å². The number of thiazole rings is 1. The van der Waals surface area contributed by atoms with Gasteiger partial charge in [-0.05, 0) is 55.9 Å². The maximum atomic E-state index is 13.8. The molecule has 8 heteroatoms. The number of piperidine rings is 1. The van der Waals surface area contributed by atoms with Crippen LogP contribution in [0, 0.1) is 25.7 Å². The SMILES string of the molecule is Cc1nc(C(=O)N2C[C@H]3C[C@H]3[C@H]2CNC(=O)c2c(C)n(C)c3ccccc23)c(-c2cccc(Cl)c2)s1. The zero-order valence-corrected chi connectivity index (χ0v) is 22.0. The largest absolute Gasteiger partial charge is 0.350 e. The number of rotatable bonds is 5. The lowest BCUT2D eigenvalue weighted by Gasteiger charge is -2.27. The van der Waals surface area contributed by atoms with E-state index in [0.717, 1.165) is 38.5 Å². The number of nitrogens with zero attached hydrogens (tertiary/aromatic N) is 3. The van der Waals surface area contributed by atoms with E-state index in [0.29, 0.717) is 41.2 Å². The minimum atomic E-state index is -0.0927. The van der Waals surface area contributed by atoms with Crippen molar-refractivity contribution in [2.45, 2.75) is 26.3 Å². The number of para-hydroxylation sites is 1. The average molecular weight is 519 g/mol. The second-order valence-electron chi connectivity index (χ2n) is 9.85. The van der Waals surface area contributed by atoms with Gasteiger partial charge in [-0.15, -0.1) is 11.3 Å². The molecule has 1 aliphatic carbocycles. The summed E-state index contributed by atoms with van der Waals surface area (Å²) in [7, 11) is 1.98. The lowest BCUT2D eigenvalue weighted by Crippen LogP contribution is -2.45. The maximum Gasteiger partial charge on any atom is 0.274 e. The molecule has 0 unspecified atom stereocenters. The minimum Gasteiger partial charge on any atom is -0.350 e. The molecule has 1 saturated heterocycles. The number of carbonyl (C=O) groups excluding carboxylic acids is 2. The molecule has 2 aliphatic rings. The van der Waals surface area contributed by atoms with Gasteiger partial charge in [0.15, 0.2) is 0 Å². The fourth-order valence-corrected chi connectivity index (χ4v) is 6.79. The van der Waals surface area contributed by atoms with Crippen molar-refractivity contribution in [2.24, 2.45) is 18.9 Å². The Balaban J connectivity index is 1.25. The summed E-state index contributed by atoms with van der Waals surface area (Å²) in [5, 5.41) is 5.58. The molecule has 1 N–H and O–H groups in total. The Morgan fingerprint density at radius 2 is 1.97 bits per heavy atom. The molecule has 4 aromatic rings. The third kappa shape index (κ3) is 3.82. The number of nitrogens with one attached hydrogen (secondary N) is 1. The third-order valence-electron chi connectivity index (χ3n) is 7.69. The maximum absolute atomic E-state index is 13.8. The molecule has 6 rings (SSSR count). The highest BCUT2D eigenvalue weighted by Crippen LogP contribution is 2.50. The number of aryl methyl sites for hydroxylation is 2. The van der Waals surface area contributed by atoms with Gasteiger partial charge in [0.25, 0.3) is 11.8 Å². The summed E-state index contributed by atoms with van der Waals surface area (Å²) in [5.74, 6) is 0.772. The number of halogens is 1. The van der Waals surface area contributed by atoms with Gasteiger partial charge in [-0.2, -0.15) is 0 Å². The Hall–Kier alpha value is -3.16. The van der Waals surface area contributed by atoms with Crippen molar-refractivity contribution in [2.75, 3.05) is 13.1 Å². The van der Waals surface area contributed by atoms with E-state index in [1.165, 1.54) is 11.3 Å². The van der Waals surface area contributed by atoms with Gasteiger partial charge < -0.3 is 14.8 Å². The summed E-state index contributed by atoms with van der Waals surface area (Å²) < 4.78 is 2.05. The van der Waals surface area contributed by atoms with Crippen LogP contribution in [-0.2, 0) is 7.05 Å². The normalized spacial score (nSPS) is 20.6. The van der Waals surface area contributed by atoms with Crippen LogP contribution in [0.1, 0.15) is 38.0 Å². The molecule has 1 aliphatic heterocycles. The second-order valence-corrected chi connectivity index (χ2v) is 11.5. The number of amides is 2. The van der Waals surface area contributed by atoms with E-state index in [9.17, 15) is 9.59 Å². The van der Waals surface area contributed by atoms with E-state index < -0.39 is 0 Å². The Morgan fingerprint density at radius 3 is 2.78 bits per heavy atom. The van der Waals surface area contributed by atoms with Gasteiger partial charge in [-0.1, -0.05) is 41.9 Å². The van der Waals surface area contributed by atoms with Crippen LogP contribution in [0.4, 0.5) is 0 Å². The van der Waals surface area contributed by atoms with Crippen molar-refractivity contribution in [1.29, 1.82) is 0 Å². The average Bonchev–Trinajstić information content (AvgIpc) is 3.26. The molecule has 0 bridgehead atoms. The third-order valence-corrected chi connectivity index (χ3v) is 8.94. The van der Waals surface area contributed by atoms with Crippen molar-refractivity contribution in [3.63, 3.8) is 0 Å². The molecule has 3 heterocycles. The van der Waals surface area contributed by atoms with Gasteiger partial charge in [0.1, 0.15) is 5.69 Å². The van der Waals surface area contributed by atoms with Crippen LogP contribution in [0.15, 0.2) is 48.5 Å². The number of hydrogen-bond donors (Lipinski definition) is 1. The number of hydrogen-bond acceptors (Lipinski definition) is 4. The quantitative estimate of drug-likeness (QED) is 0.381. The molecule has 1 saturated carbocycles. The highest BCUT2D eigenvalue weighted by molar-refractivity contribution is 7.15. The van der Waals surface area contributed by atoms with Gasteiger partial charge >= 0.3 is 0 Å². The van der Waals surface area contributed by atoms with Gasteiger partial charge in [0.2, 0.25) is 0 Å². The summed E-state index contributed by atoms with van der Waals surface area (Å²) in [6, 6.07) is 15.5. The first kappa shape index (κ1) is 23.3. The lowest BCUT2D eigenvalue weighted by molar-refractivity contribution is 0.0690. The van der Waals surface area contributed by atoms with Crippen molar-refractivity contribution >= 4 is 45.7 Å². The summed E-state index contributed by atoms with van der Waals surface area (Å²) in [5.41, 5.74) is 4.04. The Labute approximate surface area is 218 Å². The molecule has 2 aromatic carbocycles. The summed E-state index contributed by atoms with van der Waals surface area (Å²) in [6.07, 6.45) is 1.11. The predicted octanol–water partition coefficient (Wildman–Crippen LogP) is 5.46. The molecular weight excluding hydrogens is 492 g/mol. The first-order valence-electron chi connectivity index (χ1n) is 12.2. The molecule has 0 radical (unpaired) electrons. The molecule has 3 atom stereocenters. The van der Waals surface area contributed by atoms with E-state index in [-0.39, 0.29) is 17.9 Å². The Kier molecular flexibility index (Phi) is 5.65. The molecule has 6 nitrogen and oxygen atoms in total. The molecule has 36 heavy (non-hydrogen) atoms. The zero-order chi connectivity index (χ0) is 25.1. The monoisotopic (exact) mass is 518 g/mol. The van der Waals surface area contributed by atoms with Crippen LogP contribution in [0.2, 0.25) is 5.02 Å². The number of fused-ring (bicyclic) bond motifs is 2. The topological polar surface area (TPSA) is 67.2 Å². The molecule has 184 valence electrons. The smallest absolute Gasteiger partial charge is 0.274 e. The standard InChI is InChI=1S/C28H27ClN4O2S/c1-15-24(20-9-4-5-10-22(20)32(15)3)27(34)30-13-23-21-12-18(21)14-33(23)28(35)25-26(36-16(2)31-25)17-7-6-8-19(29)11-17/h4-11,18,21,23H,12-14H2,1-3H3,(H,30,34)/t18-,21-,23-/m1/s1. The molecule has 2 fully saturated rings. The second kappa shape index (κ2) is 8.75. The molecule has 2 amide bonds. The van der Waals surface area contributed by atoms with Crippen molar-refractivity contribution in [3.8, 4) is 10.4 Å². The van der Waals surface area contributed by atoms with Gasteiger partial charge in [-0.3, -0.25) is 9.59 Å². The van der Waals surface area contributed by atoms with Gasteiger partial charge in [0.05, 0.1) is 21.5 Å². The summed E-state index contributed by atoms with van der Waals surface area (Å²) in [4.78, 5) is 34.5. The van der Waals surface area contributed by atoms with Gasteiger partial charge in [0, 0.05) is 41.8 Å². The number of likely N-dealkylation sites (tertiary alicyclic amines) is 1. The first-order valence-corrected chi connectivity index (χ1v) is 13.4. The van der Waals surface area contributed by atoms with Crippen molar-refractivity contribution < 1.29 is 9.59 Å². The number of aromatic nitrogens is 2. The van der Waals surface area contributed by atoms with Crippen LogP contribution < -0.4 is 5.32 Å². The first-order chi connectivity index (χ1) is 17.3. The fraction of sp³-hybridized carbons (Fsp3) is 0.321. The highest BCUT2D eigenvalue weighted by Gasteiger charge is 2.54. The van der Waals surface area contributed by atoms with Crippen LogP contribution in [-0.4, -0.2) is 45.4 Å². The van der Waals surface area contributed by atoms with Crippen molar-refractivity contribution in [3.05, 3.63) is 75.5 Å². The number of benzene rings is 2. The molecule has 0 spiro atoms. The van der Waals surface area contributed by atoms with E-state index in [4.69, 9.17) is 11.6 Å². The van der Waals surface area contributed by atoms with Crippen LogP contribution in [0.5, 0.6) is 0 Å². The van der Waals surface area contributed by atoms with E-state index >= 15 is 0 Å². The predicted molar refractivity (Wildman–Crippen MR) is 144 cm³/mol. The summed E-state index contributed by atoms with van der Waals surface area (Å²) >= 11 is 7.73. The van der Waals surface area contributed by atoms with E-state index in [1.54, 1.807) is 0 Å². The fourth-order valence-electron chi connectivity index (χ4n) is 5.69. The summed E-state index contributed by atoms with van der Waals surface area (Å²) in [6.45, 7) is 5.03. The van der Waals surface area contributed by atoms with Crippen LogP contribution >= 0.6 is 22.9 Å². The van der Waals surface area contributed by atoms with E-state index in [1.807, 2.05) is 74.3 Å².